The first-order valence-electron chi connectivity index (χ1n) is 46.3. The average molecular weight is 2000 g/mol. The summed E-state index contributed by atoms with van der Waals surface area (Å²) in [7, 11) is -12.9. The SMILES string of the molecule is CC(C)S(=O)(=O)CC[C@@H]1CCC[C@@]2(Cc3ccc(Cl)cc3)c3c(F)ccc(F)c3OC[C@@H]12.CCCS(=O)(=O)CC[C@@H]1CCC[C@@]2(Cc3ccc(C(F)(F)F)cc3)c3c(F)ccc(F)c3OC[C@@H]12.CCCS(=O)(=O)CC[C@@H]1CCC[C@@]2(Cc3ccc(Cl)cc3)c3c(F)ccc(F)c3OC[C@@H]12.O=S(=O)(CC[C@@H]1CCC[C@@]2(Cc3ccc(Cl)cc3)c3c(F)ccc(F)c3OC[C@@H]12)Cc1ccco1. The van der Waals surface area contributed by atoms with Gasteiger partial charge in [-0.3, -0.25) is 0 Å². The fraction of sp³-hybridized carbons (Fsp3) is 0.495. The van der Waals surface area contributed by atoms with Gasteiger partial charge >= 0.3 is 6.18 Å². The second-order valence-electron chi connectivity index (χ2n) is 38.2. The maximum absolute atomic E-state index is 15.4. The van der Waals surface area contributed by atoms with Gasteiger partial charge in [0.15, 0.2) is 65.9 Å². The van der Waals surface area contributed by atoms with Gasteiger partial charge < -0.3 is 23.4 Å². The zero-order chi connectivity index (χ0) is 96.1. The van der Waals surface area contributed by atoms with Gasteiger partial charge in [0.25, 0.3) is 0 Å². The summed E-state index contributed by atoms with van der Waals surface area (Å²) in [5.41, 5.74) is 0.887. The Labute approximate surface area is 794 Å². The van der Waals surface area contributed by atoms with Crippen LogP contribution in [0.5, 0.6) is 23.0 Å². The lowest BCUT2D eigenvalue weighted by molar-refractivity contribution is -0.137. The molecule has 0 spiro atoms. The molecule has 0 radical (unpaired) electrons. The third-order valence-electron chi connectivity index (χ3n) is 29.7. The van der Waals surface area contributed by atoms with Crippen molar-refractivity contribution in [1.29, 1.82) is 0 Å². The molecule has 4 aliphatic carbocycles. The number of sulfone groups is 4. The Kier molecular flexibility index (Phi) is 32.3. The van der Waals surface area contributed by atoms with Gasteiger partial charge in [-0.25, -0.2) is 68.8 Å². The molecule has 8 aliphatic rings. The van der Waals surface area contributed by atoms with Crippen LogP contribution >= 0.6 is 34.8 Å². The Morgan fingerprint density at radius 1 is 0.358 bits per heavy atom. The smallest absolute Gasteiger partial charge is 0.416 e. The van der Waals surface area contributed by atoms with E-state index in [2.05, 4.69) is 0 Å². The Bertz CT molecular complexity index is 6080. The van der Waals surface area contributed by atoms with Crippen LogP contribution in [0, 0.1) is 93.9 Å². The maximum atomic E-state index is 15.4. The fourth-order valence-electron chi connectivity index (χ4n) is 23.5. The Morgan fingerprint density at radius 3 is 0.888 bits per heavy atom. The van der Waals surface area contributed by atoms with Crippen LogP contribution in [-0.4, -0.2) is 99.9 Å². The first-order chi connectivity index (χ1) is 63.6. The third-order valence-corrected chi connectivity index (χ3v) is 38.1. The minimum Gasteiger partial charge on any atom is -0.490 e. The van der Waals surface area contributed by atoms with Crippen LogP contribution in [0.15, 0.2) is 168 Å². The van der Waals surface area contributed by atoms with Crippen LogP contribution < -0.4 is 18.9 Å². The largest absolute Gasteiger partial charge is 0.490 e. The van der Waals surface area contributed by atoms with E-state index in [4.69, 9.17) is 58.2 Å². The molecule has 726 valence electrons. The van der Waals surface area contributed by atoms with Crippen LogP contribution in [0.4, 0.5) is 48.3 Å². The average Bonchev–Trinajstić information content (AvgIpc) is 0.737. The van der Waals surface area contributed by atoms with E-state index in [-0.39, 0.29) is 155 Å². The molecular formula is C103H114Cl3F11O13S4. The van der Waals surface area contributed by atoms with Gasteiger partial charge in [0, 0.05) is 94.2 Å². The van der Waals surface area contributed by atoms with Gasteiger partial charge in [0.05, 0.1) is 66.5 Å². The van der Waals surface area contributed by atoms with Crippen molar-refractivity contribution in [3.63, 3.8) is 0 Å². The van der Waals surface area contributed by atoms with E-state index in [0.717, 1.165) is 104 Å². The Hall–Kier alpha value is -7.86. The quantitative estimate of drug-likeness (QED) is 0.0443. The molecule has 17 rings (SSSR count). The summed E-state index contributed by atoms with van der Waals surface area (Å²) < 4.78 is 288. The normalized spacial score (nSPS) is 24.6. The van der Waals surface area contributed by atoms with Gasteiger partial charge in [-0.05, 0) is 285 Å². The lowest BCUT2D eigenvalue weighted by Gasteiger charge is -2.52. The molecule has 1 aromatic heterocycles. The Balaban J connectivity index is 0.000000143. The number of hydrogen-bond donors (Lipinski definition) is 0. The summed E-state index contributed by atoms with van der Waals surface area (Å²) in [5, 5.41) is 1.42. The first kappa shape index (κ1) is 102. The predicted molar refractivity (Wildman–Crippen MR) is 500 cm³/mol. The number of furan rings is 1. The van der Waals surface area contributed by atoms with E-state index < -0.39 is 125 Å². The first-order valence-corrected chi connectivity index (χ1v) is 54.6. The molecule has 12 atom stereocenters. The van der Waals surface area contributed by atoms with Gasteiger partial charge in [0.2, 0.25) is 0 Å². The molecule has 4 fully saturated rings. The number of benzene rings is 8. The van der Waals surface area contributed by atoms with Crippen molar-refractivity contribution in [2.45, 2.75) is 208 Å². The summed E-state index contributed by atoms with van der Waals surface area (Å²) >= 11 is 18.2. The van der Waals surface area contributed by atoms with Crippen LogP contribution in [0.2, 0.25) is 15.1 Å². The second kappa shape index (κ2) is 42.5. The highest BCUT2D eigenvalue weighted by atomic mass is 35.5. The Morgan fingerprint density at radius 2 is 0.627 bits per heavy atom. The third kappa shape index (κ3) is 22.7. The molecule has 0 N–H and O–H groups in total. The van der Waals surface area contributed by atoms with Gasteiger partial charge in [0.1, 0.15) is 54.5 Å². The molecule has 134 heavy (non-hydrogen) atoms. The van der Waals surface area contributed by atoms with Crippen molar-refractivity contribution in [2.24, 2.45) is 47.3 Å². The summed E-state index contributed by atoms with van der Waals surface area (Å²) in [5.74, 6) is -4.34. The highest BCUT2D eigenvalue weighted by Crippen LogP contribution is 2.61. The lowest BCUT2D eigenvalue weighted by atomic mass is 9.55. The lowest BCUT2D eigenvalue weighted by Crippen LogP contribution is -2.51. The van der Waals surface area contributed by atoms with E-state index in [1.807, 2.05) is 55.5 Å². The summed E-state index contributed by atoms with van der Waals surface area (Å²) in [6.07, 6.45) is 10.7. The maximum Gasteiger partial charge on any atom is 0.416 e. The topological polar surface area (TPSA) is 187 Å². The van der Waals surface area contributed by atoms with E-state index in [0.29, 0.717) is 127 Å². The van der Waals surface area contributed by atoms with Crippen molar-refractivity contribution in [3.05, 3.63) is 281 Å². The monoisotopic (exact) mass is 2000 g/mol. The highest BCUT2D eigenvalue weighted by Gasteiger charge is 2.58. The minimum absolute atomic E-state index is 0.00163. The number of fused-ring (bicyclic) bond motifs is 12. The molecule has 8 aromatic carbocycles. The van der Waals surface area contributed by atoms with Gasteiger partial charge in [-0.2, -0.15) is 13.2 Å². The highest BCUT2D eigenvalue weighted by molar-refractivity contribution is 7.92. The van der Waals surface area contributed by atoms with Crippen LogP contribution in [0.25, 0.3) is 0 Å². The standard InChI is InChI=1S/C27H27ClF2O4S.C26H29F5O3S.2C25H29ClF2O3S/c28-20-7-5-18(6-8-20)15-27-12-1-3-19(11-14-35(31,32)17-21-4-2-13-33-21)22(27)16-34-26-24(30)10-9-23(29)25(26)27;1-2-13-35(32,33)14-11-18-4-3-12-25(15-17-5-7-19(8-6-17)26(29,30)31)20(18)16-34-24-22(28)10-9-21(27)23(24)25;1-16(2)32(29,30)13-11-18-4-3-12-25(14-17-5-7-19(26)8-6-17)20(18)15-31-24-22(28)10-9-21(27)23(24)25;1-2-13-32(29,30)14-11-18-4-3-12-25(15-17-5-7-19(26)8-6-17)20(18)16-31-24-22(28)10-9-21(27)23(24)25/h2,4-10,13,19,22H,1,3,11-12,14-17H2;5-10,18,20H,2-4,11-16H2,1H3;5-10,16,18,20H,3-4,11-15H2,1-2H3;5-10,18,20H,2-4,11-16H2,1H3/t19-,22-,27-;3*18-,20-,25-/m0000/s1. The van der Waals surface area contributed by atoms with E-state index >= 15 is 17.6 Å². The predicted octanol–water partition coefficient (Wildman–Crippen LogP) is 25.2. The van der Waals surface area contributed by atoms with Crippen LogP contribution in [0.1, 0.15) is 199 Å². The number of ether oxygens (including phenoxy) is 4. The molecule has 9 aromatic rings. The van der Waals surface area contributed by atoms with E-state index in [1.54, 1.807) is 57.2 Å². The molecule has 0 amide bonds. The molecule has 0 saturated heterocycles. The molecular weight excluding hydrogens is 1890 g/mol. The van der Waals surface area contributed by atoms with E-state index in [9.17, 15) is 64.4 Å². The molecule has 13 nitrogen and oxygen atoms in total. The van der Waals surface area contributed by atoms with Gasteiger partial charge in [-0.1, -0.05) is 123 Å². The summed E-state index contributed by atoms with van der Waals surface area (Å²) in [4.78, 5) is 0. The van der Waals surface area contributed by atoms with Crippen molar-refractivity contribution in [3.8, 4) is 23.0 Å². The minimum atomic E-state index is -4.47. The van der Waals surface area contributed by atoms with Crippen molar-refractivity contribution >= 4 is 74.2 Å². The number of halogens is 14. The van der Waals surface area contributed by atoms with Crippen LogP contribution in [0.3, 0.4) is 0 Å². The van der Waals surface area contributed by atoms with Crippen molar-refractivity contribution < 1.29 is 105 Å². The molecule has 4 saturated carbocycles. The van der Waals surface area contributed by atoms with Crippen LogP contribution in [-0.2, 0) is 98.6 Å². The van der Waals surface area contributed by atoms with E-state index in [1.165, 1.54) is 36.6 Å². The van der Waals surface area contributed by atoms with Crippen molar-refractivity contribution in [2.75, 3.05) is 60.9 Å². The zero-order valence-electron chi connectivity index (χ0n) is 75.4. The summed E-state index contributed by atoms with van der Waals surface area (Å²) in [6, 6.07) is 39.4. The number of rotatable bonds is 27. The molecule has 0 unspecified atom stereocenters. The number of alkyl halides is 3. The van der Waals surface area contributed by atoms with Gasteiger partial charge in [-0.15, -0.1) is 0 Å². The number of hydrogen-bond acceptors (Lipinski definition) is 13. The molecule has 31 heteroatoms. The zero-order valence-corrected chi connectivity index (χ0v) is 80.9. The molecule has 5 heterocycles. The fourth-order valence-corrected chi connectivity index (χ4v) is 29.3. The summed E-state index contributed by atoms with van der Waals surface area (Å²) in [6.45, 7) is 7.90. The molecule has 0 bridgehead atoms. The second-order valence-corrected chi connectivity index (χ2v) is 48.9. The molecule has 4 aliphatic heterocycles. The van der Waals surface area contributed by atoms with Crippen molar-refractivity contribution in [1.82, 2.24) is 0 Å².